The lowest BCUT2D eigenvalue weighted by Gasteiger charge is -2.11. The molecule has 1 aromatic heterocycles. The third kappa shape index (κ3) is 5.20. The molecule has 1 atom stereocenters. The van der Waals surface area contributed by atoms with Crippen LogP contribution in [0, 0.1) is 0 Å². The molecule has 1 heterocycles. The first-order chi connectivity index (χ1) is 15.8. The molecule has 0 saturated heterocycles. The highest BCUT2D eigenvalue weighted by Crippen LogP contribution is 2.32. The van der Waals surface area contributed by atoms with Gasteiger partial charge in [0.05, 0.1) is 16.8 Å². The normalized spacial score (nSPS) is 12.2. The monoisotopic (exact) mass is 462 g/mol. The van der Waals surface area contributed by atoms with E-state index in [1.165, 1.54) is 5.56 Å². The van der Waals surface area contributed by atoms with Crippen LogP contribution in [-0.2, 0) is 0 Å². The number of hydrogen-bond acceptors (Lipinski definition) is 4. The largest absolute Gasteiger partial charge is 0.491 e. The number of aromatic nitrogens is 1. The zero-order chi connectivity index (χ0) is 23.5. The van der Waals surface area contributed by atoms with Gasteiger partial charge >= 0.3 is 0 Å². The molecule has 0 saturated carbocycles. The minimum atomic E-state index is -0.263. The third-order valence-corrected chi connectivity index (χ3v) is 5.87. The number of carbonyl (C=O) groups is 1. The predicted molar refractivity (Wildman–Crippen MR) is 133 cm³/mol. The van der Waals surface area contributed by atoms with Crippen LogP contribution in [0.1, 0.15) is 56.0 Å². The van der Waals surface area contributed by atoms with Gasteiger partial charge in [0.1, 0.15) is 11.3 Å². The number of nitrogens with zero attached hydrogens (tertiary/aromatic N) is 1. The number of fused-ring (bicyclic) bond motifs is 1. The van der Waals surface area contributed by atoms with Crippen LogP contribution in [0.25, 0.3) is 22.6 Å². The summed E-state index contributed by atoms with van der Waals surface area (Å²) in [5.41, 5.74) is 4.50. The van der Waals surface area contributed by atoms with Crippen molar-refractivity contribution < 1.29 is 13.9 Å². The maximum Gasteiger partial charge on any atom is 0.255 e. The van der Waals surface area contributed by atoms with Gasteiger partial charge in [-0.15, -0.1) is 0 Å². The van der Waals surface area contributed by atoms with Gasteiger partial charge in [-0.25, -0.2) is 4.98 Å². The third-order valence-electron chi connectivity index (χ3n) is 5.54. The van der Waals surface area contributed by atoms with Crippen LogP contribution in [0.5, 0.6) is 5.75 Å². The van der Waals surface area contributed by atoms with Gasteiger partial charge in [0.2, 0.25) is 5.89 Å². The van der Waals surface area contributed by atoms with Gasteiger partial charge in [0.25, 0.3) is 5.91 Å². The van der Waals surface area contributed by atoms with Gasteiger partial charge in [0.15, 0.2) is 5.58 Å². The molecule has 0 aliphatic heterocycles. The average molecular weight is 463 g/mol. The van der Waals surface area contributed by atoms with Crippen LogP contribution in [0.4, 0.5) is 5.69 Å². The van der Waals surface area contributed by atoms with Crippen molar-refractivity contribution >= 4 is 34.3 Å². The summed E-state index contributed by atoms with van der Waals surface area (Å²) in [5, 5.41) is 3.31. The number of hydrogen-bond donors (Lipinski definition) is 1. The van der Waals surface area contributed by atoms with Crippen LogP contribution in [0.15, 0.2) is 65.1 Å². The van der Waals surface area contributed by atoms with E-state index in [1.54, 1.807) is 36.4 Å². The van der Waals surface area contributed by atoms with Gasteiger partial charge in [-0.3, -0.25) is 4.79 Å². The van der Waals surface area contributed by atoms with Crippen LogP contribution >= 0.6 is 11.6 Å². The molecule has 0 fully saturated rings. The fourth-order valence-electron chi connectivity index (χ4n) is 3.52. The Hall–Kier alpha value is -3.31. The first-order valence-corrected chi connectivity index (χ1v) is 11.5. The molecule has 170 valence electrons. The molecule has 3 aromatic carbocycles. The lowest BCUT2D eigenvalue weighted by Crippen LogP contribution is -2.12. The number of ether oxygens (including phenoxy) is 1. The van der Waals surface area contributed by atoms with E-state index in [1.807, 2.05) is 26.0 Å². The average Bonchev–Trinajstić information content (AvgIpc) is 3.23. The van der Waals surface area contributed by atoms with Crippen molar-refractivity contribution in [1.29, 1.82) is 0 Å². The summed E-state index contributed by atoms with van der Waals surface area (Å²) in [4.78, 5) is 17.4. The molecule has 1 N–H and O–H groups in total. The standard InChI is InChI=1S/C27H27ClN2O3/c1-5-17(4)19-9-13-25-24(14-19)30-27(33-25)20-8-12-22(28)23(15-20)29-26(31)18-6-10-21(11-7-18)32-16(2)3/h6-17H,5H2,1-4H3,(H,29,31)/t17-/m0/s1. The number of halogens is 1. The van der Waals surface area contributed by atoms with Gasteiger partial charge < -0.3 is 14.5 Å². The van der Waals surface area contributed by atoms with Crippen molar-refractivity contribution in [3.05, 3.63) is 76.8 Å². The highest BCUT2D eigenvalue weighted by molar-refractivity contribution is 6.34. The minimum Gasteiger partial charge on any atom is -0.491 e. The summed E-state index contributed by atoms with van der Waals surface area (Å²) in [6.45, 7) is 8.27. The van der Waals surface area contributed by atoms with Gasteiger partial charge in [-0.1, -0.05) is 31.5 Å². The van der Waals surface area contributed by atoms with Gasteiger partial charge in [0, 0.05) is 11.1 Å². The molecule has 0 aliphatic rings. The van der Waals surface area contributed by atoms with Crippen molar-refractivity contribution in [2.45, 2.75) is 46.1 Å². The molecular weight excluding hydrogens is 436 g/mol. The van der Waals surface area contributed by atoms with Crippen molar-refractivity contribution in [2.75, 3.05) is 5.32 Å². The molecule has 1 amide bonds. The molecule has 0 spiro atoms. The van der Waals surface area contributed by atoms with Crippen molar-refractivity contribution in [3.63, 3.8) is 0 Å². The molecule has 0 bridgehead atoms. The number of benzene rings is 3. The van der Waals surface area contributed by atoms with E-state index in [4.69, 9.17) is 20.8 Å². The highest BCUT2D eigenvalue weighted by atomic mass is 35.5. The highest BCUT2D eigenvalue weighted by Gasteiger charge is 2.14. The number of rotatable bonds is 7. The maximum absolute atomic E-state index is 12.8. The van der Waals surface area contributed by atoms with Crippen LogP contribution < -0.4 is 10.1 Å². The Morgan fingerprint density at radius 1 is 1.06 bits per heavy atom. The summed E-state index contributed by atoms with van der Waals surface area (Å²) in [6, 6.07) is 18.4. The number of amides is 1. The van der Waals surface area contributed by atoms with Crippen molar-refractivity contribution in [2.24, 2.45) is 0 Å². The smallest absolute Gasteiger partial charge is 0.255 e. The molecular formula is C27H27ClN2O3. The summed E-state index contributed by atoms with van der Waals surface area (Å²) in [6.07, 6.45) is 1.13. The number of carbonyl (C=O) groups excluding carboxylic acids is 1. The minimum absolute atomic E-state index is 0.0692. The predicted octanol–water partition coefficient (Wildman–Crippen LogP) is 7.70. The Balaban J connectivity index is 1.57. The van der Waals surface area contributed by atoms with E-state index in [-0.39, 0.29) is 12.0 Å². The second kappa shape index (κ2) is 9.67. The van der Waals surface area contributed by atoms with Gasteiger partial charge in [-0.2, -0.15) is 0 Å². The van der Waals surface area contributed by atoms with Crippen molar-refractivity contribution in [3.8, 4) is 17.2 Å². The molecule has 4 rings (SSSR count). The van der Waals surface area contributed by atoms with E-state index >= 15 is 0 Å². The van der Waals surface area contributed by atoms with E-state index in [9.17, 15) is 4.79 Å². The molecule has 6 heteroatoms. The lowest BCUT2D eigenvalue weighted by atomic mass is 9.98. The summed E-state index contributed by atoms with van der Waals surface area (Å²) < 4.78 is 11.6. The first kappa shape index (κ1) is 22.9. The van der Waals surface area contributed by atoms with Crippen LogP contribution in [0.2, 0.25) is 5.02 Å². The number of oxazole rings is 1. The van der Waals surface area contributed by atoms with E-state index in [0.29, 0.717) is 33.8 Å². The van der Waals surface area contributed by atoms with E-state index in [2.05, 4.69) is 36.3 Å². The SMILES string of the molecule is CC[C@H](C)c1ccc2oc(-c3ccc(Cl)c(NC(=O)c4ccc(OC(C)C)cc4)c3)nc2c1. The zero-order valence-corrected chi connectivity index (χ0v) is 19.9. The van der Waals surface area contributed by atoms with E-state index in [0.717, 1.165) is 23.1 Å². The van der Waals surface area contributed by atoms with Crippen molar-refractivity contribution in [1.82, 2.24) is 4.98 Å². The molecule has 0 radical (unpaired) electrons. The second-order valence-electron chi connectivity index (χ2n) is 8.40. The van der Waals surface area contributed by atoms with E-state index < -0.39 is 0 Å². The molecule has 0 unspecified atom stereocenters. The lowest BCUT2D eigenvalue weighted by molar-refractivity contribution is 0.102. The Morgan fingerprint density at radius 2 is 1.82 bits per heavy atom. The quantitative estimate of drug-likeness (QED) is 0.305. The Labute approximate surface area is 198 Å². The van der Waals surface area contributed by atoms with Crippen LogP contribution in [0.3, 0.4) is 0 Å². The van der Waals surface area contributed by atoms with Gasteiger partial charge in [-0.05, 0) is 86.3 Å². The summed E-state index contributed by atoms with van der Waals surface area (Å²) >= 11 is 6.36. The van der Waals surface area contributed by atoms with Crippen LogP contribution in [-0.4, -0.2) is 17.0 Å². The molecule has 4 aromatic rings. The maximum atomic E-state index is 12.8. The number of nitrogens with one attached hydrogen (secondary N) is 1. The second-order valence-corrected chi connectivity index (χ2v) is 8.80. The molecule has 33 heavy (non-hydrogen) atoms. The molecule has 5 nitrogen and oxygen atoms in total. The fraction of sp³-hybridized carbons (Fsp3) is 0.259. The Morgan fingerprint density at radius 3 is 2.52 bits per heavy atom. The topological polar surface area (TPSA) is 64.4 Å². The Bertz CT molecular complexity index is 1280. The zero-order valence-electron chi connectivity index (χ0n) is 19.2. The molecule has 0 aliphatic carbocycles. The first-order valence-electron chi connectivity index (χ1n) is 11.1. The summed E-state index contributed by atoms with van der Waals surface area (Å²) in [5.74, 6) is 1.39. The Kier molecular flexibility index (Phi) is 6.70. The number of anilines is 1. The fourth-order valence-corrected chi connectivity index (χ4v) is 3.68. The summed E-state index contributed by atoms with van der Waals surface area (Å²) in [7, 11) is 0.